The first kappa shape index (κ1) is 7.97. The summed E-state index contributed by atoms with van der Waals surface area (Å²) in [5.41, 5.74) is 0. The minimum Gasteiger partial charge on any atom is -0.291 e. The van der Waals surface area contributed by atoms with Crippen molar-refractivity contribution in [3.8, 4) is 0 Å². The van der Waals surface area contributed by atoms with E-state index in [1.807, 2.05) is 0 Å². The number of hydrogen-bond donors (Lipinski definition) is 1. The molecule has 0 aromatic rings. The molecule has 1 aliphatic heterocycles. The second-order valence-corrected chi connectivity index (χ2v) is 4.02. The molecule has 60 valence electrons. The van der Waals surface area contributed by atoms with Gasteiger partial charge >= 0.3 is 0 Å². The van der Waals surface area contributed by atoms with Crippen LogP contribution in [-0.2, 0) is 14.3 Å². The third-order valence-electron chi connectivity index (χ3n) is 1.29. The molecule has 0 amide bonds. The molecule has 1 saturated heterocycles. The highest BCUT2D eigenvalue weighted by molar-refractivity contribution is 7.86. The molecule has 1 heterocycles. The summed E-state index contributed by atoms with van der Waals surface area (Å²) in [5.74, 6) is 0.129. The van der Waals surface area contributed by atoms with Gasteiger partial charge in [0.05, 0.1) is 5.75 Å². The summed E-state index contributed by atoms with van der Waals surface area (Å²) >= 11 is 0. The van der Waals surface area contributed by atoms with E-state index >= 15 is 0 Å². The van der Waals surface area contributed by atoms with Crippen LogP contribution < -0.4 is 5.32 Å². The van der Waals surface area contributed by atoms with E-state index in [2.05, 4.69) is 9.50 Å². The van der Waals surface area contributed by atoms with Crippen LogP contribution in [0.2, 0.25) is 0 Å². The summed E-state index contributed by atoms with van der Waals surface area (Å²) in [4.78, 5) is 0. The Kier molecular flexibility index (Phi) is 2.28. The minimum absolute atomic E-state index is 0.129. The van der Waals surface area contributed by atoms with Crippen molar-refractivity contribution in [1.82, 2.24) is 5.32 Å². The fourth-order valence-corrected chi connectivity index (χ4v) is 1.96. The lowest BCUT2D eigenvalue weighted by Gasteiger charge is -2.07. The number of hydrogen-bond acceptors (Lipinski definition) is 4. The normalized spacial score (nSPS) is 33.1. The van der Waals surface area contributed by atoms with Crippen molar-refractivity contribution < 1.29 is 12.6 Å². The number of rotatable bonds is 0. The van der Waals surface area contributed by atoms with Gasteiger partial charge in [-0.15, -0.1) is 0 Å². The molecule has 1 atom stereocenters. The molecule has 1 aliphatic rings. The molecule has 0 aromatic carbocycles. The Balaban J connectivity index is 2.64. The molecule has 0 bridgehead atoms. The Morgan fingerprint density at radius 2 is 2.30 bits per heavy atom. The maximum Gasteiger partial charge on any atom is 0.268 e. The van der Waals surface area contributed by atoms with Gasteiger partial charge in [0.2, 0.25) is 0 Å². The molecule has 4 nitrogen and oxygen atoms in total. The lowest BCUT2D eigenvalue weighted by atomic mass is 10.5. The Hall–Kier alpha value is -0.130. The van der Waals surface area contributed by atoms with Gasteiger partial charge in [-0.3, -0.25) is 9.50 Å². The van der Waals surface area contributed by atoms with Crippen molar-refractivity contribution in [2.75, 3.05) is 12.3 Å². The highest BCUT2D eigenvalue weighted by atomic mass is 32.2. The summed E-state index contributed by atoms with van der Waals surface area (Å²) in [6.07, 6.45) is 0.264. The molecular formula is C5H11NO3S. The van der Waals surface area contributed by atoms with E-state index in [1.54, 1.807) is 6.92 Å². The molecule has 0 spiro atoms. The molecular weight excluding hydrogens is 154 g/mol. The van der Waals surface area contributed by atoms with Crippen molar-refractivity contribution >= 4 is 10.1 Å². The fourth-order valence-electron chi connectivity index (χ4n) is 0.856. The Labute approximate surface area is 60.7 Å². The zero-order valence-corrected chi connectivity index (χ0v) is 6.65. The lowest BCUT2D eigenvalue weighted by Crippen LogP contribution is -2.28. The highest BCUT2D eigenvalue weighted by Gasteiger charge is 2.18. The standard InChI is InChI=1S/C5H11NO3S/c1-5-6-3-2-4-10(7,8)9-5/h5-6H,2-4H2,1H3. The summed E-state index contributed by atoms with van der Waals surface area (Å²) in [6.45, 7) is 2.39. The third-order valence-corrected chi connectivity index (χ3v) is 2.66. The molecule has 1 rings (SSSR count). The van der Waals surface area contributed by atoms with E-state index < -0.39 is 10.1 Å². The molecule has 0 saturated carbocycles. The van der Waals surface area contributed by atoms with Gasteiger partial charge in [-0.2, -0.15) is 8.42 Å². The van der Waals surface area contributed by atoms with Gasteiger partial charge in [0.1, 0.15) is 6.23 Å². The van der Waals surface area contributed by atoms with Crippen LogP contribution in [0.1, 0.15) is 13.3 Å². The Morgan fingerprint density at radius 1 is 1.60 bits per heavy atom. The maximum absolute atomic E-state index is 10.8. The fraction of sp³-hybridized carbons (Fsp3) is 1.00. The van der Waals surface area contributed by atoms with Crippen LogP contribution in [0.15, 0.2) is 0 Å². The largest absolute Gasteiger partial charge is 0.291 e. The third kappa shape index (κ3) is 2.24. The van der Waals surface area contributed by atoms with E-state index in [0.717, 1.165) is 0 Å². The average molecular weight is 165 g/mol. The van der Waals surface area contributed by atoms with E-state index in [4.69, 9.17) is 0 Å². The van der Waals surface area contributed by atoms with Crippen LogP contribution in [0.5, 0.6) is 0 Å². The topological polar surface area (TPSA) is 55.4 Å². The predicted octanol–water partition coefficient (Wildman–Crippen LogP) is -0.328. The van der Waals surface area contributed by atoms with Crippen molar-refractivity contribution in [2.45, 2.75) is 19.6 Å². The molecule has 10 heavy (non-hydrogen) atoms. The highest BCUT2D eigenvalue weighted by Crippen LogP contribution is 2.03. The molecule has 0 aromatic heterocycles. The van der Waals surface area contributed by atoms with E-state index in [1.165, 1.54) is 0 Å². The number of nitrogens with one attached hydrogen (secondary N) is 1. The van der Waals surface area contributed by atoms with E-state index in [-0.39, 0.29) is 12.0 Å². The quantitative estimate of drug-likeness (QED) is 0.499. The summed E-state index contributed by atoms with van der Waals surface area (Å²) in [6, 6.07) is 0. The van der Waals surface area contributed by atoms with Gasteiger partial charge in [0.25, 0.3) is 10.1 Å². The van der Waals surface area contributed by atoms with Gasteiger partial charge in [-0.1, -0.05) is 0 Å². The summed E-state index contributed by atoms with van der Waals surface area (Å²) in [5, 5.41) is 2.90. The SMILES string of the molecule is CC1NCCCS(=O)(=O)O1. The van der Waals surface area contributed by atoms with Crippen LogP contribution >= 0.6 is 0 Å². The van der Waals surface area contributed by atoms with Gasteiger partial charge in [-0.05, 0) is 19.9 Å². The van der Waals surface area contributed by atoms with Crippen molar-refractivity contribution in [2.24, 2.45) is 0 Å². The molecule has 1 unspecified atom stereocenters. The van der Waals surface area contributed by atoms with Gasteiger partial charge in [0.15, 0.2) is 0 Å². The van der Waals surface area contributed by atoms with Crippen LogP contribution in [0, 0.1) is 0 Å². The monoisotopic (exact) mass is 165 g/mol. The van der Waals surface area contributed by atoms with E-state index in [9.17, 15) is 8.42 Å². The predicted molar refractivity (Wildman–Crippen MR) is 37.0 cm³/mol. The lowest BCUT2D eigenvalue weighted by molar-refractivity contribution is 0.200. The Morgan fingerprint density at radius 3 is 3.00 bits per heavy atom. The second kappa shape index (κ2) is 2.86. The zero-order valence-electron chi connectivity index (χ0n) is 5.83. The van der Waals surface area contributed by atoms with Gasteiger partial charge in [-0.25, -0.2) is 0 Å². The first-order valence-electron chi connectivity index (χ1n) is 3.24. The summed E-state index contributed by atoms with van der Waals surface area (Å²) < 4.78 is 26.3. The zero-order chi connectivity index (χ0) is 7.61. The van der Waals surface area contributed by atoms with E-state index in [0.29, 0.717) is 13.0 Å². The first-order chi connectivity index (χ1) is 4.60. The second-order valence-electron chi connectivity index (χ2n) is 2.31. The first-order valence-corrected chi connectivity index (χ1v) is 4.82. The summed E-state index contributed by atoms with van der Waals surface area (Å²) in [7, 11) is -3.23. The van der Waals surface area contributed by atoms with Crippen molar-refractivity contribution in [1.29, 1.82) is 0 Å². The smallest absolute Gasteiger partial charge is 0.268 e. The van der Waals surface area contributed by atoms with Gasteiger partial charge in [0, 0.05) is 0 Å². The molecule has 5 heteroatoms. The maximum atomic E-state index is 10.8. The van der Waals surface area contributed by atoms with Crippen molar-refractivity contribution in [3.63, 3.8) is 0 Å². The van der Waals surface area contributed by atoms with Crippen LogP contribution in [0.4, 0.5) is 0 Å². The average Bonchev–Trinajstić information content (AvgIpc) is 1.90. The van der Waals surface area contributed by atoms with Crippen LogP contribution in [-0.4, -0.2) is 26.9 Å². The molecule has 0 radical (unpaired) electrons. The van der Waals surface area contributed by atoms with Crippen LogP contribution in [0.3, 0.4) is 0 Å². The molecule has 1 fully saturated rings. The van der Waals surface area contributed by atoms with Crippen molar-refractivity contribution in [3.05, 3.63) is 0 Å². The molecule has 1 N–H and O–H groups in total. The minimum atomic E-state index is -3.23. The molecule has 0 aliphatic carbocycles. The van der Waals surface area contributed by atoms with Gasteiger partial charge < -0.3 is 0 Å². The Bertz CT molecular complexity index is 199. The van der Waals surface area contributed by atoms with Crippen LogP contribution in [0.25, 0.3) is 0 Å².